The van der Waals surface area contributed by atoms with Crippen LogP contribution in [0.3, 0.4) is 0 Å². The Morgan fingerprint density at radius 3 is 2.50 bits per heavy atom. The number of hydrogen-bond acceptors (Lipinski definition) is 2. The fourth-order valence-electron chi connectivity index (χ4n) is 1.01. The molecule has 1 N–H and O–H groups in total. The third kappa shape index (κ3) is 9.52. The van der Waals surface area contributed by atoms with E-state index >= 15 is 0 Å². The molecule has 0 spiro atoms. The number of rotatable bonds is 9. The average Bonchev–Trinajstić information content (AvgIpc) is 2.18. The van der Waals surface area contributed by atoms with E-state index in [1.54, 1.807) is 0 Å². The van der Waals surface area contributed by atoms with Gasteiger partial charge in [0, 0.05) is 19.6 Å². The zero-order valence-corrected chi connectivity index (χ0v) is 9.47. The van der Waals surface area contributed by atoms with Gasteiger partial charge in [-0.3, -0.25) is 4.79 Å². The first-order valence-electron chi connectivity index (χ1n) is 5.65. The summed E-state index contributed by atoms with van der Waals surface area (Å²) in [5.74, 6) is 0.106. The molecule has 0 saturated carbocycles. The van der Waals surface area contributed by atoms with Gasteiger partial charge < -0.3 is 10.1 Å². The van der Waals surface area contributed by atoms with Gasteiger partial charge in [-0.15, -0.1) is 0 Å². The Bertz CT molecular complexity index is 137. The van der Waals surface area contributed by atoms with Crippen LogP contribution in [0.5, 0.6) is 0 Å². The molecule has 0 atom stereocenters. The van der Waals surface area contributed by atoms with Crippen LogP contribution in [0.4, 0.5) is 0 Å². The first kappa shape index (κ1) is 13.4. The molecule has 0 aromatic rings. The lowest BCUT2D eigenvalue weighted by Gasteiger charge is -2.04. The smallest absolute Gasteiger partial charge is 0.222 e. The molecule has 84 valence electrons. The Hall–Kier alpha value is -0.570. The molecule has 0 aliphatic rings. The largest absolute Gasteiger partial charge is 0.381 e. The van der Waals surface area contributed by atoms with Crippen LogP contribution in [0.1, 0.15) is 46.0 Å². The molecule has 0 rings (SSSR count). The fourth-order valence-corrected chi connectivity index (χ4v) is 1.01. The number of carbonyl (C=O) groups excluding carboxylic acids is 1. The number of amides is 1. The van der Waals surface area contributed by atoms with Crippen molar-refractivity contribution >= 4 is 5.91 Å². The van der Waals surface area contributed by atoms with Gasteiger partial charge in [-0.25, -0.2) is 0 Å². The van der Waals surface area contributed by atoms with Crippen molar-refractivity contribution in [2.45, 2.75) is 46.0 Å². The van der Waals surface area contributed by atoms with Crippen LogP contribution >= 0.6 is 0 Å². The molecule has 0 bridgehead atoms. The standard InChI is InChI=1S/C11H23NO2/c1-3-5-8-12-11(13)7-10-14-9-6-4-2/h3-10H2,1-2H3,(H,12,13). The molecule has 0 aromatic carbocycles. The Morgan fingerprint density at radius 1 is 1.14 bits per heavy atom. The molecule has 0 fully saturated rings. The summed E-state index contributed by atoms with van der Waals surface area (Å²) >= 11 is 0. The minimum Gasteiger partial charge on any atom is -0.381 e. The van der Waals surface area contributed by atoms with E-state index in [1.165, 1.54) is 0 Å². The predicted molar refractivity (Wildman–Crippen MR) is 58.3 cm³/mol. The normalized spacial score (nSPS) is 10.1. The van der Waals surface area contributed by atoms with Crippen LogP contribution in [0.25, 0.3) is 0 Å². The second kappa shape index (κ2) is 10.5. The van der Waals surface area contributed by atoms with Gasteiger partial charge in [0.2, 0.25) is 5.91 Å². The van der Waals surface area contributed by atoms with Crippen molar-refractivity contribution in [1.82, 2.24) is 5.32 Å². The number of carbonyl (C=O) groups is 1. The van der Waals surface area contributed by atoms with Crippen molar-refractivity contribution in [2.75, 3.05) is 19.8 Å². The van der Waals surface area contributed by atoms with Crippen LogP contribution in [0, 0.1) is 0 Å². The minimum atomic E-state index is 0.106. The summed E-state index contributed by atoms with van der Waals surface area (Å²) in [7, 11) is 0. The zero-order valence-electron chi connectivity index (χ0n) is 9.47. The van der Waals surface area contributed by atoms with E-state index in [0.717, 1.165) is 38.8 Å². The highest BCUT2D eigenvalue weighted by molar-refractivity contribution is 5.75. The quantitative estimate of drug-likeness (QED) is 0.580. The van der Waals surface area contributed by atoms with Crippen molar-refractivity contribution < 1.29 is 9.53 Å². The van der Waals surface area contributed by atoms with E-state index < -0.39 is 0 Å². The maximum Gasteiger partial charge on any atom is 0.222 e. The molecule has 1 amide bonds. The number of nitrogens with one attached hydrogen (secondary N) is 1. The summed E-state index contributed by atoms with van der Waals surface area (Å²) in [5, 5.41) is 2.86. The van der Waals surface area contributed by atoms with Crippen molar-refractivity contribution in [3.8, 4) is 0 Å². The summed E-state index contributed by atoms with van der Waals surface area (Å²) in [6.07, 6.45) is 4.89. The molecule has 3 nitrogen and oxygen atoms in total. The molecule has 14 heavy (non-hydrogen) atoms. The third-order valence-electron chi connectivity index (χ3n) is 1.97. The van der Waals surface area contributed by atoms with E-state index in [-0.39, 0.29) is 5.91 Å². The lowest BCUT2D eigenvalue weighted by molar-refractivity contribution is -0.122. The Labute approximate surface area is 87.2 Å². The number of unbranched alkanes of at least 4 members (excludes halogenated alkanes) is 2. The van der Waals surface area contributed by atoms with E-state index in [2.05, 4.69) is 19.2 Å². The summed E-state index contributed by atoms with van der Waals surface area (Å²) in [6.45, 7) is 6.36. The first-order valence-corrected chi connectivity index (χ1v) is 5.65. The second-order valence-electron chi connectivity index (χ2n) is 3.42. The summed E-state index contributed by atoms with van der Waals surface area (Å²) < 4.78 is 5.29. The van der Waals surface area contributed by atoms with Crippen molar-refractivity contribution in [3.05, 3.63) is 0 Å². The highest BCUT2D eigenvalue weighted by atomic mass is 16.5. The molecular weight excluding hydrogens is 178 g/mol. The second-order valence-corrected chi connectivity index (χ2v) is 3.42. The molecule has 0 unspecified atom stereocenters. The predicted octanol–water partition coefficient (Wildman–Crippen LogP) is 2.11. The van der Waals surface area contributed by atoms with Crippen LogP contribution in [-0.2, 0) is 9.53 Å². The van der Waals surface area contributed by atoms with E-state index in [9.17, 15) is 4.79 Å². The molecule has 0 saturated heterocycles. The van der Waals surface area contributed by atoms with Gasteiger partial charge in [0.15, 0.2) is 0 Å². The molecule has 0 aliphatic carbocycles. The van der Waals surface area contributed by atoms with Gasteiger partial charge in [-0.05, 0) is 12.8 Å². The van der Waals surface area contributed by atoms with Gasteiger partial charge in [0.25, 0.3) is 0 Å². The average molecular weight is 201 g/mol. The van der Waals surface area contributed by atoms with Gasteiger partial charge in [-0.2, -0.15) is 0 Å². The highest BCUT2D eigenvalue weighted by Gasteiger charge is 1.99. The first-order chi connectivity index (χ1) is 6.81. The van der Waals surface area contributed by atoms with Gasteiger partial charge in [0.05, 0.1) is 6.61 Å². The molecule has 0 aliphatic heterocycles. The van der Waals surface area contributed by atoms with E-state index in [0.29, 0.717) is 13.0 Å². The maximum absolute atomic E-state index is 11.2. The van der Waals surface area contributed by atoms with E-state index in [4.69, 9.17) is 4.74 Å². The summed E-state index contributed by atoms with van der Waals surface area (Å²) in [6, 6.07) is 0. The molecule has 0 radical (unpaired) electrons. The van der Waals surface area contributed by atoms with Crippen molar-refractivity contribution in [2.24, 2.45) is 0 Å². The fraction of sp³-hybridized carbons (Fsp3) is 0.909. The van der Waals surface area contributed by atoms with Crippen LogP contribution in [0.2, 0.25) is 0 Å². The summed E-state index contributed by atoms with van der Waals surface area (Å²) in [5.41, 5.74) is 0. The topological polar surface area (TPSA) is 38.3 Å². The third-order valence-corrected chi connectivity index (χ3v) is 1.97. The zero-order chi connectivity index (χ0) is 10.6. The summed E-state index contributed by atoms with van der Waals surface area (Å²) in [4.78, 5) is 11.2. The number of hydrogen-bond donors (Lipinski definition) is 1. The Kier molecular flexibility index (Phi) is 10.1. The lowest BCUT2D eigenvalue weighted by Crippen LogP contribution is -2.25. The van der Waals surface area contributed by atoms with Crippen molar-refractivity contribution in [1.29, 1.82) is 0 Å². The van der Waals surface area contributed by atoms with Crippen molar-refractivity contribution in [3.63, 3.8) is 0 Å². The SMILES string of the molecule is CCCCNC(=O)CCOCCCC. The molecule has 0 heterocycles. The minimum absolute atomic E-state index is 0.106. The van der Waals surface area contributed by atoms with Gasteiger partial charge in [-0.1, -0.05) is 26.7 Å². The Morgan fingerprint density at radius 2 is 1.86 bits per heavy atom. The van der Waals surface area contributed by atoms with E-state index in [1.807, 2.05) is 0 Å². The van der Waals surface area contributed by atoms with Gasteiger partial charge in [0.1, 0.15) is 0 Å². The molecule has 0 aromatic heterocycles. The maximum atomic E-state index is 11.2. The highest BCUT2D eigenvalue weighted by Crippen LogP contribution is 1.90. The Balaban J connectivity index is 3.10. The lowest BCUT2D eigenvalue weighted by atomic mass is 10.3. The monoisotopic (exact) mass is 201 g/mol. The van der Waals surface area contributed by atoms with Crippen LogP contribution < -0.4 is 5.32 Å². The molecule has 3 heteroatoms. The molecular formula is C11H23NO2. The number of ether oxygens (including phenoxy) is 1. The van der Waals surface area contributed by atoms with Crippen LogP contribution in [0.15, 0.2) is 0 Å². The van der Waals surface area contributed by atoms with Crippen LogP contribution in [-0.4, -0.2) is 25.7 Å². The van der Waals surface area contributed by atoms with Gasteiger partial charge >= 0.3 is 0 Å².